The van der Waals surface area contributed by atoms with Crippen molar-refractivity contribution in [1.29, 1.82) is 0 Å². The van der Waals surface area contributed by atoms with E-state index in [2.05, 4.69) is 67.6 Å². The highest BCUT2D eigenvalue weighted by Gasteiger charge is 2.18. The Balaban J connectivity index is 2.33. The Bertz CT molecular complexity index is 374. The topological polar surface area (TPSA) is 3.24 Å². The van der Waals surface area contributed by atoms with Crippen LogP contribution < -0.4 is 0 Å². The molecule has 1 nitrogen and oxygen atoms in total. The standard InChI is InChI=1S/C14H17N/c1-15(2)14-11-7-6-10-13(14)12-8-4-3-5-9-12/h3-10,14H,11H2,1-2H3. The van der Waals surface area contributed by atoms with Crippen LogP contribution >= 0.6 is 0 Å². The summed E-state index contributed by atoms with van der Waals surface area (Å²) in [6, 6.07) is 11.1. The first kappa shape index (κ1) is 10.2. The average Bonchev–Trinajstić information content (AvgIpc) is 2.30. The van der Waals surface area contributed by atoms with Gasteiger partial charge in [0.1, 0.15) is 0 Å². The van der Waals surface area contributed by atoms with Crippen molar-refractivity contribution in [3.05, 3.63) is 54.1 Å². The number of hydrogen-bond donors (Lipinski definition) is 0. The molecule has 1 atom stereocenters. The van der Waals surface area contributed by atoms with E-state index >= 15 is 0 Å². The van der Waals surface area contributed by atoms with Crippen LogP contribution in [0.15, 0.2) is 48.6 Å². The second-order valence-electron chi connectivity index (χ2n) is 4.13. The molecule has 15 heavy (non-hydrogen) atoms. The molecular formula is C14H17N. The lowest BCUT2D eigenvalue weighted by molar-refractivity contribution is 0.353. The highest BCUT2D eigenvalue weighted by molar-refractivity contribution is 5.72. The maximum absolute atomic E-state index is 2.28. The minimum atomic E-state index is 0.511. The van der Waals surface area contributed by atoms with Crippen molar-refractivity contribution in [3.8, 4) is 0 Å². The van der Waals surface area contributed by atoms with Crippen molar-refractivity contribution in [1.82, 2.24) is 4.90 Å². The molecule has 0 spiro atoms. The first-order valence-electron chi connectivity index (χ1n) is 5.37. The molecular weight excluding hydrogens is 182 g/mol. The van der Waals surface area contributed by atoms with E-state index in [4.69, 9.17) is 0 Å². The van der Waals surface area contributed by atoms with Crippen molar-refractivity contribution in [2.45, 2.75) is 12.5 Å². The molecule has 1 aromatic rings. The van der Waals surface area contributed by atoms with E-state index in [1.165, 1.54) is 11.1 Å². The van der Waals surface area contributed by atoms with Crippen LogP contribution in [0.2, 0.25) is 0 Å². The van der Waals surface area contributed by atoms with Gasteiger partial charge >= 0.3 is 0 Å². The van der Waals surface area contributed by atoms with Crippen LogP contribution in [0.5, 0.6) is 0 Å². The molecule has 1 aliphatic carbocycles. The molecule has 2 rings (SSSR count). The molecule has 0 heterocycles. The van der Waals surface area contributed by atoms with Gasteiger partial charge in [-0.25, -0.2) is 0 Å². The van der Waals surface area contributed by atoms with Crippen molar-refractivity contribution in [3.63, 3.8) is 0 Å². The summed E-state index contributed by atoms with van der Waals surface area (Å²) in [5.74, 6) is 0. The summed E-state index contributed by atoms with van der Waals surface area (Å²) in [4.78, 5) is 2.28. The number of likely N-dealkylation sites (N-methyl/N-ethyl adjacent to an activating group) is 1. The third-order valence-corrected chi connectivity index (χ3v) is 2.86. The zero-order valence-electron chi connectivity index (χ0n) is 9.35. The van der Waals surface area contributed by atoms with E-state index in [0.717, 1.165) is 6.42 Å². The summed E-state index contributed by atoms with van der Waals surface area (Å²) in [6.07, 6.45) is 7.72. The molecule has 0 N–H and O–H groups in total. The molecule has 0 fully saturated rings. The van der Waals surface area contributed by atoms with Crippen LogP contribution in [0.4, 0.5) is 0 Å². The van der Waals surface area contributed by atoms with E-state index in [1.54, 1.807) is 0 Å². The summed E-state index contributed by atoms with van der Waals surface area (Å²) < 4.78 is 0. The SMILES string of the molecule is CN(C)C1CC=CC=C1c1ccccc1. The van der Waals surface area contributed by atoms with Gasteiger partial charge in [0.15, 0.2) is 0 Å². The van der Waals surface area contributed by atoms with Crippen molar-refractivity contribution < 1.29 is 0 Å². The van der Waals surface area contributed by atoms with Crippen molar-refractivity contribution in [2.75, 3.05) is 14.1 Å². The zero-order valence-corrected chi connectivity index (χ0v) is 9.35. The van der Waals surface area contributed by atoms with Gasteiger partial charge in [-0.3, -0.25) is 0 Å². The normalized spacial score (nSPS) is 20.5. The Morgan fingerprint density at radius 2 is 1.87 bits per heavy atom. The van der Waals surface area contributed by atoms with Gasteiger partial charge in [0.2, 0.25) is 0 Å². The van der Waals surface area contributed by atoms with Gasteiger partial charge in [0.25, 0.3) is 0 Å². The molecule has 0 amide bonds. The van der Waals surface area contributed by atoms with E-state index in [1.807, 2.05) is 0 Å². The lowest BCUT2D eigenvalue weighted by Crippen LogP contribution is -2.29. The Morgan fingerprint density at radius 1 is 1.13 bits per heavy atom. The van der Waals surface area contributed by atoms with Crippen molar-refractivity contribution in [2.24, 2.45) is 0 Å². The van der Waals surface area contributed by atoms with Crippen molar-refractivity contribution >= 4 is 5.57 Å². The smallest absolute Gasteiger partial charge is 0.0382 e. The molecule has 1 aromatic carbocycles. The monoisotopic (exact) mass is 199 g/mol. The zero-order chi connectivity index (χ0) is 10.7. The summed E-state index contributed by atoms with van der Waals surface area (Å²) in [5.41, 5.74) is 2.75. The van der Waals surface area contributed by atoms with Crippen LogP contribution in [-0.4, -0.2) is 25.0 Å². The lowest BCUT2D eigenvalue weighted by Gasteiger charge is -2.28. The predicted molar refractivity (Wildman–Crippen MR) is 65.7 cm³/mol. The summed E-state index contributed by atoms with van der Waals surface area (Å²) >= 11 is 0. The molecule has 0 saturated carbocycles. The summed E-state index contributed by atoms with van der Waals surface area (Å²) in [7, 11) is 4.28. The van der Waals surface area contributed by atoms with Gasteiger partial charge in [-0.15, -0.1) is 0 Å². The minimum absolute atomic E-state index is 0.511. The van der Waals surface area contributed by atoms with Crippen LogP contribution in [-0.2, 0) is 0 Å². The van der Waals surface area contributed by atoms with Gasteiger partial charge < -0.3 is 4.90 Å². The fourth-order valence-electron chi connectivity index (χ4n) is 2.03. The fourth-order valence-corrected chi connectivity index (χ4v) is 2.03. The van der Waals surface area contributed by atoms with E-state index < -0.39 is 0 Å². The van der Waals surface area contributed by atoms with Crippen LogP contribution in [0.25, 0.3) is 5.57 Å². The Morgan fingerprint density at radius 3 is 2.53 bits per heavy atom. The maximum Gasteiger partial charge on any atom is 0.0382 e. The number of rotatable bonds is 2. The molecule has 78 valence electrons. The van der Waals surface area contributed by atoms with Gasteiger partial charge in [0.05, 0.1) is 0 Å². The Kier molecular flexibility index (Phi) is 3.02. The van der Waals surface area contributed by atoms with E-state index in [-0.39, 0.29) is 0 Å². The largest absolute Gasteiger partial charge is 0.302 e. The highest BCUT2D eigenvalue weighted by Crippen LogP contribution is 2.26. The molecule has 0 saturated heterocycles. The fraction of sp³-hybridized carbons (Fsp3) is 0.286. The second kappa shape index (κ2) is 4.45. The number of hydrogen-bond acceptors (Lipinski definition) is 1. The Labute approximate surface area is 91.7 Å². The minimum Gasteiger partial charge on any atom is -0.302 e. The molecule has 0 radical (unpaired) electrons. The number of nitrogens with zero attached hydrogens (tertiary/aromatic N) is 1. The van der Waals surface area contributed by atoms with Crippen LogP contribution in [0, 0.1) is 0 Å². The molecule has 0 aromatic heterocycles. The lowest BCUT2D eigenvalue weighted by atomic mass is 9.92. The first-order chi connectivity index (χ1) is 7.29. The third-order valence-electron chi connectivity index (χ3n) is 2.86. The quantitative estimate of drug-likeness (QED) is 0.708. The predicted octanol–water partition coefficient (Wildman–Crippen LogP) is 2.96. The first-order valence-corrected chi connectivity index (χ1v) is 5.37. The molecule has 1 heteroatoms. The van der Waals surface area contributed by atoms with E-state index in [0.29, 0.717) is 6.04 Å². The molecule has 1 unspecified atom stereocenters. The molecule has 0 aliphatic heterocycles. The maximum atomic E-state index is 2.28. The van der Waals surface area contributed by atoms with Gasteiger partial charge in [0, 0.05) is 6.04 Å². The third kappa shape index (κ3) is 2.18. The second-order valence-corrected chi connectivity index (χ2v) is 4.13. The van der Waals surface area contributed by atoms with Gasteiger partial charge in [-0.2, -0.15) is 0 Å². The number of allylic oxidation sites excluding steroid dienone is 2. The Hall–Kier alpha value is -1.34. The van der Waals surface area contributed by atoms with Crippen LogP contribution in [0.3, 0.4) is 0 Å². The summed E-state index contributed by atoms with van der Waals surface area (Å²) in [5, 5.41) is 0. The van der Waals surface area contributed by atoms with Crippen LogP contribution in [0.1, 0.15) is 12.0 Å². The summed E-state index contributed by atoms with van der Waals surface area (Å²) in [6.45, 7) is 0. The molecule has 1 aliphatic rings. The van der Waals surface area contributed by atoms with E-state index in [9.17, 15) is 0 Å². The average molecular weight is 199 g/mol. The number of benzene rings is 1. The van der Waals surface area contributed by atoms with Gasteiger partial charge in [-0.05, 0) is 31.7 Å². The molecule has 0 bridgehead atoms. The highest BCUT2D eigenvalue weighted by atomic mass is 15.1. The van der Waals surface area contributed by atoms with Gasteiger partial charge in [-0.1, -0.05) is 48.6 Å².